The summed E-state index contributed by atoms with van der Waals surface area (Å²) in [4.78, 5) is 20.8. The van der Waals surface area contributed by atoms with Gasteiger partial charge in [-0.2, -0.15) is 0 Å². The molecule has 0 amide bonds. The first-order valence-corrected chi connectivity index (χ1v) is 8.38. The molecule has 0 aromatic heterocycles. The lowest BCUT2D eigenvalue weighted by Crippen LogP contribution is -2.12. The first-order valence-electron chi connectivity index (χ1n) is 6.22. The summed E-state index contributed by atoms with van der Waals surface area (Å²) < 4.78 is 52.2. The highest BCUT2D eigenvalue weighted by Gasteiger charge is 2.27. The number of rotatable bonds is 2. The maximum atomic E-state index is 12.7. The standard InChI is InChI=1S/C7H3F4NO2.C7H5I2NO2/c8-2-1(7(13)14)3(9)5(11)6(12)4(2)10;8-4-1-3(7(11)12)2-5(9)6(4)10/h12H2,(H,13,14);1-2H,10H2,(H,11,12). The number of benzene rings is 2. The monoisotopic (exact) mass is 598 g/mol. The Labute approximate surface area is 170 Å². The summed E-state index contributed by atoms with van der Waals surface area (Å²) in [6.45, 7) is 0. The van der Waals surface area contributed by atoms with Crippen molar-refractivity contribution in [2.45, 2.75) is 0 Å². The highest BCUT2D eigenvalue weighted by Crippen LogP contribution is 2.25. The Bertz CT molecular complexity index is 857. The Kier molecular flexibility index (Phi) is 7.43. The van der Waals surface area contributed by atoms with Crippen molar-refractivity contribution in [3.63, 3.8) is 0 Å². The molecule has 0 unspecified atom stereocenters. The lowest BCUT2D eigenvalue weighted by molar-refractivity contribution is 0.0677. The number of anilines is 2. The second-order valence-corrected chi connectivity index (χ2v) is 6.83. The molecule has 2 aromatic carbocycles. The topological polar surface area (TPSA) is 127 Å². The van der Waals surface area contributed by atoms with Crippen molar-refractivity contribution in [1.82, 2.24) is 0 Å². The van der Waals surface area contributed by atoms with Crippen LogP contribution in [-0.4, -0.2) is 22.2 Å². The fourth-order valence-corrected chi connectivity index (χ4v) is 3.31. The van der Waals surface area contributed by atoms with Gasteiger partial charge in [-0.1, -0.05) is 0 Å². The zero-order chi connectivity index (χ0) is 20.3. The second kappa shape index (κ2) is 8.70. The van der Waals surface area contributed by atoms with E-state index in [1.165, 1.54) is 0 Å². The summed E-state index contributed by atoms with van der Waals surface area (Å²) in [6.07, 6.45) is 0. The van der Waals surface area contributed by atoms with Gasteiger partial charge >= 0.3 is 11.9 Å². The summed E-state index contributed by atoms with van der Waals surface area (Å²) in [5.41, 5.74) is 8.10. The first kappa shape index (κ1) is 22.2. The normalized spacial score (nSPS) is 10.1. The first-order chi connectivity index (χ1) is 11.9. The van der Waals surface area contributed by atoms with Crippen LogP contribution in [0.15, 0.2) is 12.1 Å². The van der Waals surface area contributed by atoms with Crippen LogP contribution >= 0.6 is 45.2 Å². The van der Waals surface area contributed by atoms with Gasteiger partial charge in [-0.25, -0.2) is 27.2 Å². The molecule has 26 heavy (non-hydrogen) atoms. The SMILES string of the molecule is Nc1c(F)c(F)c(C(=O)O)c(F)c1F.Nc1c(I)cc(C(=O)O)cc1I. The van der Waals surface area contributed by atoms with Crippen LogP contribution < -0.4 is 11.5 Å². The molecule has 2 aromatic rings. The molecule has 12 heteroatoms. The van der Waals surface area contributed by atoms with Crippen LogP contribution in [0.2, 0.25) is 0 Å². The van der Waals surface area contributed by atoms with Crippen molar-refractivity contribution >= 4 is 68.5 Å². The molecule has 6 N–H and O–H groups in total. The van der Waals surface area contributed by atoms with E-state index in [-0.39, 0.29) is 5.56 Å². The van der Waals surface area contributed by atoms with E-state index in [0.717, 1.165) is 7.14 Å². The summed E-state index contributed by atoms with van der Waals surface area (Å²) in [7, 11) is 0. The van der Waals surface area contributed by atoms with Gasteiger partial charge in [0.25, 0.3) is 0 Å². The van der Waals surface area contributed by atoms with Crippen molar-refractivity contribution in [3.05, 3.63) is 53.7 Å². The number of carboxylic acid groups (broad SMARTS) is 2. The molecular weight excluding hydrogens is 590 g/mol. The molecular formula is C14H8F4I2N2O4. The number of halogens is 6. The number of carbonyl (C=O) groups is 2. The number of hydrogen-bond acceptors (Lipinski definition) is 4. The third-order valence-corrected chi connectivity index (χ3v) is 4.62. The fraction of sp³-hybridized carbons (Fsp3) is 0. The minimum atomic E-state index is -2.11. The average Bonchev–Trinajstić information content (AvgIpc) is 2.56. The third kappa shape index (κ3) is 4.66. The third-order valence-electron chi connectivity index (χ3n) is 2.84. The van der Waals surface area contributed by atoms with Crippen molar-refractivity contribution in [1.29, 1.82) is 0 Å². The van der Waals surface area contributed by atoms with Crippen molar-refractivity contribution in [2.24, 2.45) is 0 Å². The van der Waals surface area contributed by atoms with Crippen LogP contribution in [0.4, 0.5) is 28.9 Å². The predicted molar refractivity (Wildman–Crippen MR) is 101 cm³/mol. The average molecular weight is 598 g/mol. The summed E-state index contributed by atoms with van der Waals surface area (Å²) >= 11 is 4.03. The van der Waals surface area contributed by atoms with Gasteiger partial charge in [-0.3, -0.25) is 0 Å². The minimum absolute atomic E-state index is 0.276. The van der Waals surface area contributed by atoms with Gasteiger partial charge in [-0.15, -0.1) is 0 Å². The Morgan fingerprint density at radius 3 is 1.46 bits per heavy atom. The molecule has 0 saturated heterocycles. The van der Waals surface area contributed by atoms with Gasteiger partial charge in [0.15, 0.2) is 23.3 Å². The number of hydrogen-bond donors (Lipinski definition) is 4. The molecule has 2 rings (SSSR count). The molecule has 140 valence electrons. The molecule has 0 spiro atoms. The van der Waals surface area contributed by atoms with Crippen molar-refractivity contribution in [2.75, 3.05) is 11.5 Å². The van der Waals surface area contributed by atoms with E-state index in [1.54, 1.807) is 12.1 Å². The van der Waals surface area contributed by atoms with Crippen LogP contribution in [0, 0.1) is 30.4 Å². The summed E-state index contributed by atoms with van der Waals surface area (Å²) in [5.74, 6) is -10.9. The van der Waals surface area contributed by atoms with E-state index in [2.05, 4.69) is 5.73 Å². The van der Waals surface area contributed by atoms with E-state index in [0.29, 0.717) is 5.69 Å². The zero-order valence-corrected chi connectivity index (χ0v) is 16.6. The fourth-order valence-electron chi connectivity index (χ4n) is 1.54. The molecule has 0 heterocycles. The number of aromatic carboxylic acids is 2. The molecule has 6 nitrogen and oxygen atoms in total. The van der Waals surface area contributed by atoms with Gasteiger partial charge in [0.05, 0.1) is 11.3 Å². The van der Waals surface area contributed by atoms with Crippen LogP contribution in [0.3, 0.4) is 0 Å². The van der Waals surface area contributed by atoms with E-state index < -0.39 is 46.5 Å². The highest BCUT2D eigenvalue weighted by molar-refractivity contribution is 14.1. The largest absolute Gasteiger partial charge is 0.478 e. The van der Waals surface area contributed by atoms with Crippen LogP contribution in [-0.2, 0) is 0 Å². The Hall–Kier alpha value is -1.84. The lowest BCUT2D eigenvalue weighted by atomic mass is 10.1. The van der Waals surface area contributed by atoms with E-state index in [9.17, 15) is 27.2 Å². The van der Waals surface area contributed by atoms with E-state index in [4.69, 9.17) is 15.9 Å². The quantitative estimate of drug-likeness (QED) is 0.181. The molecule has 0 aliphatic carbocycles. The molecule has 0 fully saturated rings. The van der Waals surface area contributed by atoms with Gasteiger partial charge < -0.3 is 21.7 Å². The summed E-state index contributed by atoms with van der Waals surface area (Å²) in [5, 5.41) is 16.9. The van der Waals surface area contributed by atoms with Gasteiger partial charge in [0.2, 0.25) is 0 Å². The molecule has 0 bridgehead atoms. The second-order valence-electron chi connectivity index (χ2n) is 4.51. The number of nitrogens with two attached hydrogens (primary N) is 2. The predicted octanol–water partition coefficient (Wildman–Crippen LogP) is 3.70. The maximum Gasteiger partial charge on any atom is 0.341 e. The smallest absolute Gasteiger partial charge is 0.341 e. The van der Waals surface area contributed by atoms with Gasteiger partial charge in [-0.05, 0) is 57.3 Å². The van der Waals surface area contributed by atoms with E-state index >= 15 is 0 Å². The van der Waals surface area contributed by atoms with Gasteiger partial charge in [0, 0.05) is 7.14 Å². The zero-order valence-electron chi connectivity index (χ0n) is 12.3. The molecule has 0 aliphatic rings. The van der Waals surface area contributed by atoms with Crippen LogP contribution in [0.5, 0.6) is 0 Å². The Balaban J connectivity index is 0.000000263. The maximum absolute atomic E-state index is 12.7. The summed E-state index contributed by atoms with van der Waals surface area (Å²) in [6, 6.07) is 3.11. The Morgan fingerprint density at radius 2 is 1.15 bits per heavy atom. The molecule has 0 saturated carbocycles. The molecule has 0 aliphatic heterocycles. The van der Waals surface area contributed by atoms with Crippen LogP contribution in [0.1, 0.15) is 20.7 Å². The Morgan fingerprint density at radius 1 is 0.769 bits per heavy atom. The minimum Gasteiger partial charge on any atom is -0.478 e. The van der Waals surface area contributed by atoms with Crippen molar-refractivity contribution < 1.29 is 37.4 Å². The number of nitrogen functional groups attached to an aromatic ring is 2. The molecule has 0 radical (unpaired) electrons. The van der Waals surface area contributed by atoms with Gasteiger partial charge in [0.1, 0.15) is 11.3 Å². The van der Waals surface area contributed by atoms with E-state index in [1.807, 2.05) is 45.2 Å². The number of carboxylic acids is 2. The highest BCUT2D eigenvalue weighted by atomic mass is 127. The van der Waals surface area contributed by atoms with Crippen LogP contribution in [0.25, 0.3) is 0 Å². The molecule has 0 atom stereocenters. The van der Waals surface area contributed by atoms with Crippen molar-refractivity contribution in [3.8, 4) is 0 Å². The lowest BCUT2D eigenvalue weighted by Gasteiger charge is -2.05.